The van der Waals surface area contributed by atoms with E-state index in [-0.39, 0.29) is 17.2 Å². The number of piperidine rings is 1. The van der Waals surface area contributed by atoms with Gasteiger partial charge in [0.1, 0.15) is 5.82 Å². The van der Waals surface area contributed by atoms with Gasteiger partial charge in [-0.3, -0.25) is 9.59 Å². The van der Waals surface area contributed by atoms with E-state index in [4.69, 9.17) is 0 Å². The van der Waals surface area contributed by atoms with E-state index in [9.17, 15) is 9.59 Å². The van der Waals surface area contributed by atoms with Gasteiger partial charge in [-0.05, 0) is 55.5 Å². The molecule has 0 radical (unpaired) electrons. The average molecular weight is 432 g/mol. The van der Waals surface area contributed by atoms with E-state index in [1.807, 2.05) is 16.4 Å². The molecule has 2 amide bonds. The molecule has 4 heterocycles. The summed E-state index contributed by atoms with van der Waals surface area (Å²) in [4.78, 5) is 28.1. The molecule has 162 valence electrons. The molecule has 2 aliphatic rings. The Hall–Kier alpha value is -2.36. The highest BCUT2D eigenvalue weighted by Crippen LogP contribution is 2.41. The van der Waals surface area contributed by atoms with Crippen LogP contribution in [0.5, 0.6) is 0 Å². The number of likely N-dealkylation sites (tertiary alicyclic amines) is 1. The lowest BCUT2D eigenvalue weighted by molar-refractivity contribution is 0.0460. The first-order valence-corrected chi connectivity index (χ1v) is 11.4. The molecule has 0 saturated carbocycles. The third kappa shape index (κ3) is 4.10. The van der Waals surface area contributed by atoms with Crippen LogP contribution >= 0.6 is 11.5 Å². The fraction of sp³-hybridized carbons (Fsp3) is 0.700. The van der Waals surface area contributed by atoms with Crippen LogP contribution in [-0.2, 0) is 13.0 Å². The number of nitrogens with zero attached hydrogens (tertiary/aromatic N) is 6. The fourth-order valence-electron chi connectivity index (χ4n) is 4.37. The van der Waals surface area contributed by atoms with Gasteiger partial charge in [0.2, 0.25) is 5.82 Å². The van der Waals surface area contributed by atoms with E-state index in [1.54, 1.807) is 0 Å². The monoisotopic (exact) mass is 431 g/mol. The zero-order valence-corrected chi connectivity index (χ0v) is 18.7. The number of fused-ring (bicyclic) bond motifs is 1. The van der Waals surface area contributed by atoms with Gasteiger partial charge in [-0.2, -0.15) is 0 Å². The summed E-state index contributed by atoms with van der Waals surface area (Å²) in [7, 11) is 0. The van der Waals surface area contributed by atoms with Crippen LogP contribution in [0.1, 0.15) is 71.3 Å². The summed E-state index contributed by atoms with van der Waals surface area (Å²) in [5.41, 5.74) is 0.551. The van der Waals surface area contributed by atoms with Crippen LogP contribution in [0.15, 0.2) is 0 Å². The molecule has 0 atom stereocenters. The van der Waals surface area contributed by atoms with Crippen LogP contribution in [-0.4, -0.2) is 60.7 Å². The number of carbonyl (C=O) groups is 2. The zero-order valence-electron chi connectivity index (χ0n) is 17.8. The summed E-state index contributed by atoms with van der Waals surface area (Å²) >= 11 is 1.26. The Bertz CT molecular complexity index is 927. The molecular formula is C20H29N7O2S. The molecule has 1 fully saturated rings. The molecule has 0 aromatic carbocycles. The van der Waals surface area contributed by atoms with Crippen LogP contribution in [0.4, 0.5) is 0 Å². The predicted molar refractivity (Wildman–Crippen MR) is 112 cm³/mol. The molecule has 1 spiro atoms. The number of aromatic nitrogens is 5. The normalized spacial score (nSPS) is 17.9. The predicted octanol–water partition coefficient (Wildman–Crippen LogP) is 2.08. The number of amides is 2. The summed E-state index contributed by atoms with van der Waals surface area (Å²) in [6, 6.07) is 0. The Morgan fingerprint density at radius 3 is 2.60 bits per heavy atom. The Morgan fingerprint density at radius 2 is 1.93 bits per heavy atom. The number of nitrogens with one attached hydrogen (secondary N) is 1. The summed E-state index contributed by atoms with van der Waals surface area (Å²) in [6.07, 6.45) is 4.58. The summed E-state index contributed by atoms with van der Waals surface area (Å²) in [5.74, 6) is 1.66. The first-order valence-electron chi connectivity index (χ1n) is 10.7. The molecule has 1 saturated heterocycles. The Morgan fingerprint density at radius 1 is 1.17 bits per heavy atom. The van der Waals surface area contributed by atoms with E-state index in [0.29, 0.717) is 37.1 Å². The zero-order chi connectivity index (χ0) is 21.3. The first kappa shape index (κ1) is 20.9. The van der Waals surface area contributed by atoms with E-state index in [1.165, 1.54) is 11.5 Å². The highest BCUT2D eigenvalue weighted by Gasteiger charge is 2.41. The van der Waals surface area contributed by atoms with Crippen molar-refractivity contribution in [2.75, 3.05) is 19.6 Å². The number of rotatable bonds is 5. The van der Waals surface area contributed by atoms with Crippen molar-refractivity contribution in [3.05, 3.63) is 22.2 Å². The number of aryl methyl sites for hydroxylation is 2. The second kappa shape index (κ2) is 8.41. The minimum atomic E-state index is -0.148. The standard InChI is InChI=1S/C20H29N7O2S/c1-13(2)5-9-21-18(28)17-24-22-15-4-6-20(12-27(15)17)7-10-26(11-8-20)19(29)16-14(3)30-25-23-16/h13H,4-12H2,1-3H3,(H,21,28). The van der Waals surface area contributed by atoms with Crippen molar-refractivity contribution in [3.8, 4) is 0 Å². The van der Waals surface area contributed by atoms with Crippen LogP contribution in [0.25, 0.3) is 0 Å². The lowest BCUT2D eigenvalue weighted by Gasteiger charge is -2.44. The van der Waals surface area contributed by atoms with Gasteiger partial charge in [-0.15, -0.1) is 15.3 Å². The minimum absolute atomic E-state index is 0.0258. The lowest BCUT2D eigenvalue weighted by Crippen LogP contribution is -2.47. The van der Waals surface area contributed by atoms with Crippen LogP contribution in [0.3, 0.4) is 0 Å². The highest BCUT2D eigenvalue weighted by molar-refractivity contribution is 7.05. The largest absolute Gasteiger partial charge is 0.349 e. The minimum Gasteiger partial charge on any atom is -0.349 e. The summed E-state index contributed by atoms with van der Waals surface area (Å²) in [5, 5.41) is 15.4. The molecule has 9 nitrogen and oxygen atoms in total. The van der Waals surface area contributed by atoms with Gasteiger partial charge in [0.25, 0.3) is 11.8 Å². The van der Waals surface area contributed by atoms with Crippen LogP contribution < -0.4 is 5.32 Å². The maximum Gasteiger partial charge on any atom is 0.289 e. The molecule has 2 aromatic heterocycles. The molecule has 0 bridgehead atoms. The van der Waals surface area contributed by atoms with Gasteiger partial charge >= 0.3 is 0 Å². The summed E-state index contributed by atoms with van der Waals surface area (Å²) in [6.45, 7) is 8.93. The van der Waals surface area contributed by atoms with Crippen molar-refractivity contribution in [2.24, 2.45) is 11.3 Å². The van der Waals surface area contributed by atoms with E-state index >= 15 is 0 Å². The van der Waals surface area contributed by atoms with Crippen molar-refractivity contribution < 1.29 is 9.59 Å². The topological polar surface area (TPSA) is 106 Å². The van der Waals surface area contributed by atoms with Gasteiger partial charge in [-0.25, -0.2) is 0 Å². The Balaban J connectivity index is 1.41. The lowest BCUT2D eigenvalue weighted by atomic mass is 9.73. The second-order valence-electron chi connectivity index (χ2n) is 8.93. The van der Waals surface area contributed by atoms with Crippen LogP contribution in [0, 0.1) is 18.3 Å². The van der Waals surface area contributed by atoms with Crippen molar-refractivity contribution in [3.63, 3.8) is 0 Å². The molecule has 0 aliphatic carbocycles. The SMILES string of the molecule is Cc1snnc1C(=O)N1CCC2(CCc3nnc(C(=O)NCCC(C)C)n3C2)CC1. The van der Waals surface area contributed by atoms with Crippen molar-refractivity contribution in [1.82, 2.24) is 34.6 Å². The fourth-order valence-corrected chi connectivity index (χ4v) is 4.83. The van der Waals surface area contributed by atoms with Crippen molar-refractivity contribution in [1.29, 1.82) is 0 Å². The highest BCUT2D eigenvalue weighted by atomic mass is 32.1. The molecule has 4 rings (SSSR count). The van der Waals surface area contributed by atoms with Gasteiger partial charge in [0, 0.05) is 32.6 Å². The van der Waals surface area contributed by atoms with Gasteiger partial charge in [0.15, 0.2) is 5.69 Å². The quantitative estimate of drug-likeness (QED) is 0.777. The van der Waals surface area contributed by atoms with E-state index in [2.05, 4.69) is 38.9 Å². The maximum absolute atomic E-state index is 12.8. The van der Waals surface area contributed by atoms with Gasteiger partial charge in [0.05, 0.1) is 4.88 Å². The average Bonchev–Trinajstić information content (AvgIpc) is 3.33. The molecule has 1 N–H and O–H groups in total. The molecule has 0 unspecified atom stereocenters. The first-order chi connectivity index (χ1) is 14.4. The van der Waals surface area contributed by atoms with Crippen molar-refractivity contribution in [2.45, 2.75) is 59.4 Å². The molecule has 30 heavy (non-hydrogen) atoms. The smallest absolute Gasteiger partial charge is 0.289 e. The molecule has 10 heteroatoms. The third-order valence-electron chi connectivity index (χ3n) is 6.38. The maximum atomic E-state index is 12.8. The Labute approximate surface area is 180 Å². The molecular weight excluding hydrogens is 402 g/mol. The van der Waals surface area contributed by atoms with E-state index in [0.717, 1.165) is 49.4 Å². The molecule has 2 aromatic rings. The molecule has 2 aliphatic heterocycles. The Kier molecular flexibility index (Phi) is 5.86. The number of hydrogen-bond acceptors (Lipinski definition) is 7. The summed E-state index contributed by atoms with van der Waals surface area (Å²) < 4.78 is 5.89. The van der Waals surface area contributed by atoms with Crippen LogP contribution in [0.2, 0.25) is 0 Å². The van der Waals surface area contributed by atoms with E-state index < -0.39 is 0 Å². The van der Waals surface area contributed by atoms with Gasteiger partial charge in [-0.1, -0.05) is 18.3 Å². The van der Waals surface area contributed by atoms with Gasteiger partial charge < -0.3 is 14.8 Å². The number of hydrogen-bond donors (Lipinski definition) is 1. The van der Waals surface area contributed by atoms with Crippen molar-refractivity contribution >= 4 is 23.3 Å². The second-order valence-corrected chi connectivity index (χ2v) is 9.89. The third-order valence-corrected chi connectivity index (χ3v) is 7.01. The number of carbonyl (C=O) groups excluding carboxylic acids is 2.